The molecule has 0 N–H and O–H groups in total. The van der Waals surface area contributed by atoms with Gasteiger partial charge in [-0.25, -0.2) is 8.42 Å². The van der Waals surface area contributed by atoms with Crippen LogP contribution in [0.25, 0.3) is 0 Å². The van der Waals surface area contributed by atoms with Crippen molar-refractivity contribution >= 4 is 9.84 Å². The maximum Gasteiger partial charge on any atom is 0.188 e. The van der Waals surface area contributed by atoms with Gasteiger partial charge in [-0.1, -0.05) is 42.0 Å². The molecule has 0 aromatic heterocycles. The Morgan fingerprint density at radius 1 is 1.00 bits per heavy atom. The van der Waals surface area contributed by atoms with E-state index in [2.05, 4.69) is 0 Å². The predicted molar refractivity (Wildman–Crippen MR) is 75.9 cm³/mol. The van der Waals surface area contributed by atoms with E-state index in [9.17, 15) is 8.42 Å². The van der Waals surface area contributed by atoms with Crippen LogP contribution in [0.4, 0.5) is 0 Å². The average Bonchev–Trinajstić information content (AvgIpc) is 2.37. The predicted octanol–water partition coefficient (Wildman–Crippen LogP) is 3.24. The molecule has 0 saturated carbocycles. The van der Waals surface area contributed by atoms with Gasteiger partial charge in [-0.3, -0.25) is 0 Å². The van der Waals surface area contributed by atoms with Crippen molar-refractivity contribution in [3.8, 4) is 0 Å². The van der Waals surface area contributed by atoms with Crippen molar-refractivity contribution in [3.05, 3.63) is 65.2 Å². The first-order valence-electron chi connectivity index (χ1n) is 6.35. The number of benzene rings is 2. The molecule has 0 aliphatic heterocycles. The molecule has 98 valence electrons. The van der Waals surface area contributed by atoms with Gasteiger partial charge < -0.3 is 0 Å². The molecule has 2 nitrogen and oxygen atoms in total. The van der Waals surface area contributed by atoms with Gasteiger partial charge in [0, 0.05) is 0 Å². The van der Waals surface area contributed by atoms with E-state index in [0.29, 0.717) is 11.3 Å². The van der Waals surface area contributed by atoms with E-state index >= 15 is 0 Å². The normalized spacial score (nSPS) is 21.6. The molecule has 2 aromatic carbocycles. The molecule has 3 rings (SSSR count). The summed E-state index contributed by atoms with van der Waals surface area (Å²) >= 11 is 0. The standard InChI is InChI=1S/C16H16O2S/c1-12-7-9-14(10-8-12)19(17,18)16(2)11-13-5-3-4-6-15(13)16/h3-10H,11H2,1-2H3. The van der Waals surface area contributed by atoms with Gasteiger partial charge in [0.05, 0.1) is 4.90 Å². The smallest absolute Gasteiger partial charge is 0.188 e. The summed E-state index contributed by atoms with van der Waals surface area (Å²) in [5, 5.41) is 0. The van der Waals surface area contributed by atoms with Crippen LogP contribution in [-0.4, -0.2) is 8.42 Å². The van der Waals surface area contributed by atoms with Crippen molar-refractivity contribution < 1.29 is 8.42 Å². The van der Waals surface area contributed by atoms with Crippen molar-refractivity contribution in [3.63, 3.8) is 0 Å². The van der Waals surface area contributed by atoms with Gasteiger partial charge in [0.2, 0.25) is 0 Å². The maximum atomic E-state index is 12.8. The van der Waals surface area contributed by atoms with Gasteiger partial charge in [0.15, 0.2) is 9.84 Å². The summed E-state index contributed by atoms with van der Waals surface area (Å²) in [6.45, 7) is 3.78. The van der Waals surface area contributed by atoms with Crippen LogP contribution in [0.2, 0.25) is 0 Å². The fraction of sp³-hybridized carbons (Fsp3) is 0.250. The molecule has 3 heteroatoms. The lowest BCUT2D eigenvalue weighted by atomic mass is 9.78. The fourth-order valence-corrected chi connectivity index (χ4v) is 4.61. The minimum Gasteiger partial charge on any atom is -0.223 e. The lowest BCUT2D eigenvalue weighted by molar-refractivity contribution is 0.504. The second kappa shape index (κ2) is 3.94. The van der Waals surface area contributed by atoms with Gasteiger partial charge >= 0.3 is 0 Å². The summed E-state index contributed by atoms with van der Waals surface area (Å²) in [7, 11) is -3.33. The van der Waals surface area contributed by atoms with Crippen LogP contribution in [0.1, 0.15) is 23.6 Å². The van der Waals surface area contributed by atoms with Crippen molar-refractivity contribution in [2.75, 3.05) is 0 Å². The van der Waals surface area contributed by atoms with Crippen LogP contribution < -0.4 is 0 Å². The molecule has 0 heterocycles. The molecule has 1 unspecified atom stereocenters. The molecular formula is C16H16O2S. The van der Waals surface area contributed by atoms with E-state index in [4.69, 9.17) is 0 Å². The fourth-order valence-electron chi connectivity index (χ4n) is 2.76. The Kier molecular flexibility index (Phi) is 2.58. The highest BCUT2D eigenvalue weighted by Crippen LogP contribution is 2.47. The maximum absolute atomic E-state index is 12.8. The van der Waals surface area contributed by atoms with E-state index < -0.39 is 14.6 Å². The molecule has 1 atom stereocenters. The van der Waals surface area contributed by atoms with Crippen molar-refractivity contribution in [1.29, 1.82) is 0 Å². The zero-order valence-electron chi connectivity index (χ0n) is 11.1. The van der Waals surface area contributed by atoms with Gasteiger partial charge in [0.1, 0.15) is 4.75 Å². The Balaban J connectivity index is 2.10. The largest absolute Gasteiger partial charge is 0.223 e. The summed E-state index contributed by atoms with van der Waals surface area (Å²) in [4.78, 5) is 0.412. The zero-order chi connectivity index (χ0) is 13.7. The Labute approximate surface area is 114 Å². The molecule has 0 radical (unpaired) electrons. The summed E-state index contributed by atoms with van der Waals surface area (Å²) in [6.07, 6.45) is 0.597. The highest BCUT2D eigenvalue weighted by atomic mass is 32.2. The Hall–Kier alpha value is -1.61. The van der Waals surface area contributed by atoms with Gasteiger partial charge in [-0.15, -0.1) is 0 Å². The topological polar surface area (TPSA) is 34.1 Å². The third-order valence-corrected chi connectivity index (χ3v) is 6.48. The first-order chi connectivity index (χ1) is 8.95. The molecule has 19 heavy (non-hydrogen) atoms. The Morgan fingerprint density at radius 2 is 1.63 bits per heavy atom. The molecule has 1 aliphatic carbocycles. The van der Waals surface area contributed by atoms with Crippen LogP contribution in [0.5, 0.6) is 0 Å². The molecule has 2 aromatic rings. The number of aryl methyl sites for hydroxylation is 1. The average molecular weight is 272 g/mol. The summed E-state index contributed by atoms with van der Waals surface area (Å²) in [5.74, 6) is 0. The Bertz CT molecular complexity index is 730. The minimum absolute atomic E-state index is 0.412. The zero-order valence-corrected chi connectivity index (χ0v) is 11.9. The van der Waals surface area contributed by atoms with Crippen molar-refractivity contribution in [2.24, 2.45) is 0 Å². The monoisotopic (exact) mass is 272 g/mol. The highest BCUT2D eigenvalue weighted by molar-refractivity contribution is 7.92. The van der Waals surface area contributed by atoms with E-state index in [0.717, 1.165) is 16.7 Å². The van der Waals surface area contributed by atoms with Gasteiger partial charge in [-0.05, 0) is 43.5 Å². The number of hydrogen-bond donors (Lipinski definition) is 0. The van der Waals surface area contributed by atoms with Crippen LogP contribution in [0.3, 0.4) is 0 Å². The second-order valence-electron chi connectivity index (χ2n) is 5.38. The third-order valence-electron chi connectivity index (χ3n) is 4.04. The van der Waals surface area contributed by atoms with Crippen LogP contribution in [-0.2, 0) is 21.0 Å². The van der Waals surface area contributed by atoms with Crippen LogP contribution in [0.15, 0.2) is 53.4 Å². The molecule has 1 aliphatic rings. The van der Waals surface area contributed by atoms with Crippen molar-refractivity contribution in [1.82, 2.24) is 0 Å². The van der Waals surface area contributed by atoms with Crippen LogP contribution >= 0.6 is 0 Å². The molecule has 0 fully saturated rings. The van der Waals surface area contributed by atoms with Gasteiger partial charge in [-0.2, -0.15) is 0 Å². The first kappa shape index (κ1) is 12.4. The van der Waals surface area contributed by atoms with Crippen molar-refractivity contribution in [2.45, 2.75) is 29.9 Å². The molecule has 0 bridgehead atoms. The van der Waals surface area contributed by atoms with Crippen LogP contribution in [0, 0.1) is 6.92 Å². The number of fused-ring (bicyclic) bond motifs is 1. The quantitative estimate of drug-likeness (QED) is 0.841. The molecule has 0 spiro atoms. The van der Waals surface area contributed by atoms with E-state index in [1.165, 1.54) is 0 Å². The number of rotatable bonds is 2. The molecular weight excluding hydrogens is 256 g/mol. The first-order valence-corrected chi connectivity index (χ1v) is 7.83. The number of sulfone groups is 1. The molecule has 0 saturated heterocycles. The Morgan fingerprint density at radius 3 is 2.26 bits per heavy atom. The minimum atomic E-state index is -3.33. The second-order valence-corrected chi connectivity index (χ2v) is 7.76. The summed E-state index contributed by atoms with van der Waals surface area (Å²) in [5.41, 5.74) is 3.15. The lowest BCUT2D eigenvalue weighted by Crippen LogP contribution is -2.43. The molecule has 0 amide bonds. The van der Waals surface area contributed by atoms with E-state index in [1.54, 1.807) is 12.1 Å². The SMILES string of the molecule is Cc1ccc(S(=O)(=O)C2(C)Cc3ccccc32)cc1. The van der Waals surface area contributed by atoms with E-state index in [-0.39, 0.29) is 0 Å². The lowest BCUT2D eigenvalue weighted by Gasteiger charge is -2.40. The number of hydrogen-bond acceptors (Lipinski definition) is 2. The summed E-state index contributed by atoms with van der Waals surface area (Å²) < 4.78 is 24.8. The van der Waals surface area contributed by atoms with E-state index in [1.807, 2.05) is 50.2 Å². The summed E-state index contributed by atoms with van der Waals surface area (Å²) in [6, 6.07) is 14.9. The van der Waals surface area contributed by atoms with Gasteiger partial charge in [0.25, 0.3) is 0 Å². The third kappa shape index (κ3) is 1.65. The highest BCUT2D eigenvalue weighted by Gasteiger charge is 2.49.